The average Bonchev–Trinajstić information content (AvgIpc) is 3.71. The first-order valence-electron chi connectivity index (χ1n) is 15.9. The number of furan rings is 2. The number of hydrogen-bond donors (Lipinski definition) is 0. The van der Waals surface area contributed by atoms with Crippen molar-refractivity contribution in [2.24, 2.45) is 0 Å². The van der Waals surface area contributed by atoms with Crippen LogP contribution in [0.2, 0.25) is 0 Å². The molecule has 0 fully saturated rings. The molecule has 10 aromatic rings. The van der Waals surface area contributed by atoms with Crippen LogP contribution in [0.1, 0.15) is 0 Å². The second-order valence-corrected chi connectivity index (χ2v) is 12.0. The zero-order valence-corrected chi connectivity index (χ0v) is 25.4. The molecule has 0 aliphatic heterocycles. The van der Waals surface area contributed by atoms with Gasteiger partial charge in [0.15, 0.2) is 0 Å². The molecular formula is C44H27NO2. The highest BCUT2D eigenvalue weighted by Crippen LogP contribution is 2.49. The summed E-state index contributed by atoms with van der Waals surface area (Å²) in [5.74, 6) is 0. The van der Waals surface area contributed by atoms with Gasteiger partial charge in [0.25, 0.3) is 0 Å². The van der Waals surface area contributed by atoms with Gasteiger partial charge in [0.2, 0.25) is 0 Å². The highest BCUT2D eigenvalue weighted by Gasteiger charge is 2.24. The molecule has 0 N–H and O–H groups in total. The Balaban J connectivity index is 1.33. The van der Waals surface area contributed by atoms with Crippen molar-refractivity contribution in [2.75, 3.05) is 4.90 Å². The molecule has 0 aliphatic carbocycles. The molecule has 0 bridgehead atoms. The lowest BCUT2D eigenvalue weighted by Crippen LogP contribution is -2.12. The molecule has 3 heteroatoms. The van der Waals surface area contributed by atoms with Crippen LogP contribution in [-0.4, -0.2) is 0 Å². The minimum atomic E-state index is 0.861. The third-order valence-electron chi connectivity index (χ3n) is 9.45. The zero-order chi connectivity index (χ0) is 30.9. The third-order valence-corrected chi connectivity index (χ3v) is 9.45. The fraction of sp³-hybridized carbons (Fsp3) is 0. The minimum absolute atomic E-state index is 0.861. The van der Waals surface area contributed by atoms with Crippen LogP contribution in [0.3, 0.4) is 0 Å². The van der Waals surface area contributed by atoms with Gasteiger partial charge in [-0.25, -0.2) is 0 Å². The molecule has 0 radical (unpaired) electrons. The van der Waals surface area contributed by atoms with E-state index in [0.29, 0.717) is 0 Å². The van der Waals surface area contributed by atoms with Crippen molar-refractivity contribution in [1.82, 2.24) is 0 Å². The van der Waals surface area contributed by atoms with Crippen molar-refractivity contribution in [3.05, 3.63) is 164 Å². The van der Waals surface area contributed by atoms with Gasteiger partial charge in [-0.15, -0.1) is 0 Å². The van der Waals surface area contributed by atoms with E-state index in [1.54, 1.807) is 0 Å². The summed E-state index contributed by atoms with van der Waals surface area (Å²) in [5.41, 5.74) is 9.02. The van der Waals surface area contributed by atoms with E-state index in [2.05, 4.69) is 157 Å². The summed E-state index contributed by atoms with van der Waals surface area (Å²) >= 11 is 0. The maximum Gasteiger partial charge on any atom is 0.143 e. The maximum absolute atomic E-state index is 6.69. The fourth-order valence-corrected chi connectivity index (χ4v) is 7.41. The van der Waals surface area contributed by atoms with Crippen LogP contribution in [0.5, 0.6) is 0 Å². The maximum atomic E-state index is 6.69. The predicted octanol–water partition coefficient (Wildman–Crippen LogP) is 12.9. The molecule has 3 nitrogen and oxygen atoms in total. The molecule has 0 amide bonds. The summed E-state index contributed by atoms with van der Waals surface area (Å²) in [6.07, 6.45) is 0. The van der Waals surface area contributed by atoms with Crippen LogP contribution in [0, 0.1) is 0 Å². The summed E-state index contributed by atoms with van der Waals surface area (Å²) in [7, 11) is 0. The van der Waals surface area contributed by atoms with Crippen molar-refractivity contribution < 1.29 is 8.83 Å². The second-order valence-electron chi connectivity index (χ2n) is 12.0. The molecule has 0 saturated heterocycles. The van der Waals surface area contributed by atoms with Crippen molar-refractivity contribution in [3.63, 3.8) is 0 Å². The van der Waals surface area contributed by atoms with Crippen molar-refractivity contribution in [2.45, 2.75) is 0 Å². The second kappa shape index (κ2) is 10.1. The van der Waals surface area contributed by atoms with Gasteiger partial charge < -0.3 is 13.7 Å². The van der Waals surface area contributed by atoms with Gasteiger partial charge >= 0.3 is 0 Å². The summed E-state index contributed by atoms with van der Waals surface area (Å²) in [4.78, 5) is 2.42. The van der Waals surface area contributed by atoms with Gasteiger partial charge in [0, 0.05) is 32.5 Å². The van der Waals surface area contributed by atoms with Gasteiger partial charge in [-0.1, -0.05) is 121 Å². The topological polar surface area (TPSA) is 29.5 Å². The summed E-state index contributed by atoms with van der Waals surface area (Å²) in [6, 6.07) is 57.8. The van der Waals surface area contributed by atoms with Gasteiger partial charge in [0.1, 0.15) is 22.3 Å². The molecule has 47 heavy (non-hydrogen) atoms. The van der Waals surface area contributed by atoms with Gasteiger partial charge in [-0.3, -0.25) is 0 Å². The molecule has 0 spiro atoms. The summed E-state index contributed by atoms with van der Waals surface area (Å²) in [5, 5.41) is 9.05. The van der Waals surface area contributed by atoms with Gasteiger partial charge in [0.05, 0.1) is 22.4 Å². The first kappa shape index (κ1) is 26.0. The molecule has 2 heterocycles. The fourth-order valence-electron chi connectivity index (χ4n) is 7.41. The molecule has 2 aromatic heterocycles. The summed E-state index contributed by atoms with van der Waals surface area (Å²) in [6.45, 7) is 0. The van der Waals surface area contributed by atoms with Gasteiger partial charge in [-0.05, 0) is 58.8 Å². The van der Waals surface area contributed by atoms with Crippen LogP contribution >= 0.6 is 0 Å². The van der Waals surface area contributed by atoms with Crippen LogP contribution in [0.15, 0.2) is 173 Å². The molecule has 10 rings (SSSR count). The number of nitrogens with zero attached hydrogens (tertiary/aromatic N) is 1. The van der Waals surface area contributed by atoms with E-state index in [1.807, 2.05) is 12.1 Å². The Morgan fingerprint density at radius 1 is 0.319 bits per heavy atom. The van der Waals surface area contributed by atoms with Crippen molar-refractivity contribution in [3.8, 4) is 11.1 Å². The molecule has 0 unspecified atom stereocenters. The van der Waals surface area contributed by atoms with Crippen LogP contribution in [0.4, 0.5) is 17.1 Å². The van der Waals surface area contributed by atoms with E-state index in [4.69, 9.17) is 8.83 Å². The van der Waals surface area contributed by atoms with Crippen LogP contribution < -0.4 is 4.90 Å². The number of rotatable bonds is 4. The van der Waals surface area contributed by atoms with E-state index in [1.165, 1.54) is 10.8 Å². The smallest absolute Gasteiger partial charge is 0.143 e. The van der Waals surface area contributed by atoms with Gasteiger partial charge in [-0.2, -0.15) is 0 Å². The Kier molecular flexibility index (Phi) is 5.57. The Hall–Kier alpha value is -6.32. The number of hydrogen-bond acceptors (Lipinski definition) is 3. The zero-order valence-electron chi connectivity index (χ0n) is 25.4. The lowest BCUT2D eigenvalue weighted by atomic mass is 9.96. The van der Waals surface area contributed by atoms with Crippen molar-refractivity contribution >= 4 is 82.5 Å². The third kappa shape index (κ3) is 3.87. The summed E-state index contributed by atoms with van der Waals surface area (Å²) < 4.78 is 13.0. The van der Waals surface area contributed by atoms with E-state index < -0.39 is 0 Å². The normalized spacial score (nSPS) is 11.8. The van der Waals surface area contributed by atoms with E-state index in [9.17, 15) is 0 Å². The molecule has 0 atom stereocenters. The Morgan fingerprint density at radius 3 is 1.79 bits per heavy atom. The lowest BCUT2D eigenvalue weighted by molar-refractivity contribution is 0.669. The monoisotopic (exact) mass is 601 g/mol. The number of benzene rings is 8. The number of para-hydroxylation sites is 2. The largest absolute Gasteiger partial charge is 0.456 e. The molecule has 220 valence electrons. The molecule has 8 aromatic carbocycles. The minimum Gasteiger partial charge on any atom is -0.456 e. The SMILES string of the molecule is c1ccc(N(c2cccc3ccccc23)c2cccc3oc4c5ccccc5ccc4c23)c(-c2cccc3oc4ccccc4c23)c1. The quantitative estimate of drug-likeness (QED) is 0.201. The lowest BCUT2D eigenvalue weighted by Gasteiger charge is -2.29. The highest BCUT2D eigenvalue weighted by atomic mass is 16.3. The number of anilines is 3. The predicted molar refractivity (Wildman–Crippen MR) is 196 cm³/mol. The van der Waals surface area contributed by atoms with Crippen molar-refractivity contribution in [1.29, 1.82) is 0 Å². The van der Waals surface area contributed by atoms with Crippen LogP contribution in [-0.2, 0) is 0 Å². The van der Waals surface area contributed by atoms with E-state index >= 15 is 0 Å². The first-order valence-corrected chi connectivity index (χ1v) is 15.9. The van der Waals surface area contributed by atoms with E-state index in [0.717, 1.165) is 82.8 Å². The average molecular weight is 602 g/mol. The highest BCUT2D eigenvalue weighted by molar-refractivity contribution is 6.21. The van der Waals surface area contributed by atoms with E-state index in [-0.39, 0.29) is 0 Å². The Morgan fingerprint density at radius 2 is 0.894 bits per heavy atom. The molecule has 0 aliphatic rings. The molecular weight excluding hydrogens is 574 g/mol. The standard InChI is InChI=1S/C44H27NO2/c1-3-15-30-28(12-1)14-9-21-36(30)45(38-22-11-25-41-43(38)35-27-26-29-13-2-4-16-31(29)44(35)47-41)37-20-7-5-17-32(37)33-19-10-24-40-42(33)34-18-6-8-23-39(34)46-40/h1-27H. The Bertz CT molecular complexity index is 2820. The molecule has 0 saturated carbocycles. The first-order chi connectivity index (χ1) is 23.3. The Labute approximate surface area is 270 Å². The van der Waals surface area contributed by atoms with Crippen LogP contribution in [0.25, 0.3) is 76.5 Å². The number of fused-ring (bicyclic) bond motifs is 9.